The van der Waals surface area contributed by atoms with Crippen LogP contribution in [0.1, 0.15) is 27.8 Å². The van der Waals surface area contributed by atoms with Crippen molar-refractivity contribution in [3.63, 3.8) is 0 Å². The highest BCUT2D eigenvalue weighted by molar-refractivity contribution is 7.99. The first kappa shape index (κ1) is 38.7. The minimum atomic E-state index is -0.994. The van der Waals surface area contributed by atoms with Crippen molar-refractivity contribution in [1.82, 2.24) is 19.1 Å². The summed E-state index contributed by atoms with van der Waals surface area (Å²) in [5, 5.41) is 14.1. The Kier molecular flexibility index (Phi) is 7.90. The zero-order chi connectivity index (χ0) is 46.2. The molecule has 1 unspecified atom stereocenters. The molecule has 0 saturated carbocycles. The van der Waals surface area contributed by atoms with E-state index >= 15 is 0 Å². The van der Waals surface area contributed by atoms with Crippen molar-refractivity contribution < 1.29 is 4.74 Å². The Morgan fingerprint density at radius 2 is 1.19 bits per heavy atom. The van der Waals surface area contributed by atoms with Crippen molar-refractivity contribution in [1.29, 1.82) is 5.26 Å². The van der Waals surface area contributed by atoms with Crippen LogP contribution in [0.15, 0.2) is 210 Å². The van der Waals surface area contributed by atoms with Gasteiger partial charge in [0.25, 0.3) is 0 Å². The molecule has 0 amide bonds. The monoisotopic (exact) mass is 911 g/mol. The van der Waals surface area contributed by atoms with E-state index in [4.69, 9.17) is 21.3 Å². The largest absolute Gasteiger partial charge is 0.457 e. The number of fused-ring (bicyclic) bond motifs is 17. The van der Waals surface area contributed by atoms with E-state index in [1.54, 1.807) is 11.8 Å². The molecule has 4 aromatic heterocycles. The summed E-state index contributed by atoms with van der Waals surface area (Å²) in [6.45, 7) is 7.81. The molecule has 1 atom stereocenters. The molecule has 6 heterocycles. The van der Waals surface area contributed by atoms with E-state index in [0.29, 0.717) is 11.3 Å². The minimum Gasteiger partial charge on any atom is -0.457 e. The van der Waals surface area contributed by atoms with E-state index in [1.165, 1.54) is 0 Å². The van der Waals surface area contributed by atoms with Crippen molar-refractivity contribution in [3.8, 4) is 40.3 Å². The van der Waals surface area contributed by atoms with Crippen LogP contribution in [0.25, 0.3) is 71.2 Å². The lowest BCUT2D eigenvalue weighted by Gasteiger charge is -2.43. The molecule has 0 saturated heterocycles. The lowest BCUT2D eigenvalue weighted by Crippen LogP contribution is -2.34. The van der Waals surface area contributed by atoms with Crippen LogP contribution in [0.4, 0.5) is 22.7 Å². The maximum absolute atomic E-state index is 10.00. The molecular weight excluding hydrogens is 879 g/mol. The zero-order valence-electron chi connectivity index (χ0n) is 37.0. The van der Waals surface area contributed by atoms with Gasteiger partial charge in [0.2, 0.25) is 0 Å². The normalized spacial score (nSPS) is 14.9. The standard InChI is InChI=1S/C61H33N7OS/c1-63-37-24-28-50-43(31-37)41-13-3-4-15-47(41)66(50)38-25-26-44-55(33-38)69-54-20-10-19-53(68-51-17-6-8-21-56(51)70-57-22-9-7-18-52(57)68)58(54)61(44)45-14-11-29-64-59(45)60-46(61)32-39(35-65-60)67-48-16-5-2-12-40(48)42-30-36(34-62)23-27-49(42)67/h2-33,35H. The highest BCUT2D eigenvalue weighted by Crippen LogP contribution is 2.65. The van der Waals surface area contributed by atoms with E-state index in [9.17, 15) is 5.26 Å². The second-order valence-electron chi connectivity index (χ2n) is 17.9. The third-order valence-electron chi connectivity index (χ3n) is 14.5. The Morgan fingerprint density at radius 1 is 0.529 bits per heavy atom. The molecule has 3 aliphatic rings. The average molecular weight is 912 g/mol. The summed E-state index contributed by atoms with van der Waals surface area (Å²) in [4.78, 5) is 19.1. The summed E-state index contributed by atoms with van der Waals surface area (Å²) in [7, 11) is 0. The number of pyridine rings is 2. The molecule has 8 aromatic carbocycles. The molecule has 12 aromatic rings. The van der Waals surface area contributed by atoms with Gasteiger partial charge in [-0.3, -0.25) is 9.97 Å². The molecule has 1 spiro atoms. The van der Waals surface area contributed by atoms with Gasteiger partial charge < -0.3 is 18.8 Å². The Labute approximate surface area is 405 Å². The number of ether oxygens (including phenoxy) is 1. The maximum Gasteiger partial charge on any atom is 0.188 e. The molecule has 70 heavy (non-hydrogen) atoms. The average Bonchev–Trinajstić information content (AvgIpc) is 4.03. The predicted molar refractivity (Wildman–Crippen MR) is 278 cm³/mol. The molecule has 2 aliphatic heterocycles. The molecule has 0 N–H and O–H groups in total. The van der Waals surface area contributed by atoms with Crippen LogP contribution < -0.4 is 9.64 Å². The summed E-state index contributed by atoms with van der Waals surface area (Å²) < 4.78 is 11.9. The predicted octanol–water partition coefficient (Wildman–Crippen LogP) is 15.5. The number of anilines is 3. The maximum atomic E-state index is 10.00. The second kappa shape index (κ2) is 14.3. The fraction of sp³-hybridized carbons (Fsp3) is 0.0164. The summed E-state index contributed by atoms with van der Waals surface area (Å²) in [6.07, 6.45) is 3.83. The third kappa shape index (κ3) is 5.08. The van der Waals surface area contributed by atoms with Crippen molar-refractivity contribution in [3.05, 3.63) is 240 Å². The number of nitrogens with zero attached hydrogens (tertiary/aromatic N) is 7. The Hall–Kier alpha value is -9.41. The first-order valence-electron chi connectivity index (χ1n) is 23.1. The highest BCUT2D eigenvalue weighted by atomic mass is 32.2. The summed E-state index contributed by atoms with van der Waals surface area (Å²) in [5.74, 6) is 1.45. The summed E-state index contributed by atoms with van der Waals surface area (Å²) in [5.41, 5.74) is 14.8. The quantitative estimate of drug-likeness (QED) is 0.164. The molecule has 15 rings (SSSR count). The van der Waals surface area contributed by atoms with Gasteiger partial charge in [-0.05, 0) is 108 Å². The summed E-state index contributed by atoms with van der Waals surface area (Å²) in [6, 6.07) is 67.9. The minimum absolute atomic E-state index is 0.601. The number of rotatable bonds is 3. The summed E-state index contributed by atoms with van der Waals surface area (Å²) >= 11 is 1.79. The number of hydrogen-bond donors (Lipinski definition) is 0. The molecule has 9 heteroatoms. The van der Waals surface area contributed by atoms with Crippen LogP contribution in [0.2, 0.25) is 0 Å². The van der Waals surface area contributed by atoms with Crippen molar-refractivity contribution in [2.24, 2.45) is 0 Å². The molecule has 0 fully saturated rings. The zero-order valence-corrected chi connectivity index (χ0v) is 37.8. The Bertz CT molecular complexity index is 4340. The van der Waals surface area contributed by atoms with Gasteiger partial charge in [-0.25, -0.2) is 4.85 Å². The first-order valence-corrected chi connectivity index (χ1v) is 23.9. The van der Waals surface area contributed by atoms with Gasteiger partial charge >= 0.3 is 0 Å². The van der Waals surface area contributed by atoms with Gasteiger partial charge in [-0.1, -0.05) is 96.7 Å². The molecule has 0 bridgehead atoms. The topological polar surface area (TPSA) is 76.3 Å². The van der Waals surface area contributed by atoms with Crippen LogP contribution in [0.5, 0.6) is 11.5 Å². The third-order valence-corrected chi connectivity index (χ3v) is 15.6. The molecule has 8 nitrogen and oxygen atoms in total. The SMILES string of the molecule is [C-]#[N+]c1ccc2c(c1)c1ccccc1n2-c1ccc2c(c1)Oc1cccc(N3c4ccccc4Sc4ccccc43)c1C21c2cccnc2-c2ncc(-n3c4ccccc4c4cc(C#N)ccc43)cc21. The van der Waals surface area contributed by atoms with Crippen LogP contribution in [0, 0.1) is 17.9 Å². The fourth-order valence-corrected chi connectivity index (χ4v) is 12.8. The second-order valence-corrected chi connectivity index (χ2v) is 19.0. The van der Waals surface area contributed by atoms with Gasteiger partial charge in [0, 0.05) is 60.6 Å². The van der Waals surface area contributed by atoms with E-state index in [-0.39, 0.29) is 0 Å². The number of hydrogen-bond acceptors (Lipinski definition) is 6. The van der Waals surface area contributed by atoms with Crippen molar-refractivity contribution in [2.75, 3.05) is 4.90 Å². The van der Waals surface area contributed by atoms with E-state index in [1.807, 2.05) is 48.8 Å². The van der Waals surface area contributed by atoms with E-state index < -0.39 is 5.41 Å². The Morgan fingerprint density at radius 3 is 1.94 bits per heavy atom. The smallest absolute Gasteiger partial charge is 0.188 e. The van der Waals surface area contributed by atoms with Gasteiger partial charge in [0.15, 0.2) is 5.69 Å². The number of benzene rings is 8. The Balaban J connectivity index is 1.06. The molecule has 324 valence electrons. The van der Waals surface area contributed by atoms with Crippen LogP contribution in [0.3, 0.4) is 0 Å². The van der Waals surface area contributed by atoms with E-state index in [0.717, 1.165) is 127 Å². The highest BCUT2D eigenvalue weighted by Gasteiger charge is 2.55. The van der Waals surface area contributed by atoms with Crippen LogP contribution >= 0.6 is 11.8 Å². The van der Waals surface area contributed by atoms with Gasteiger partial charge in [-0.15, -0.1) is 0 Å². The van der Waals surface area contributed by atoms with Gasteiger partial charge in [-0.2, -0.15) is 5.26 Å². The fourth-order valence-electron chi connectivity index (χ4n) is 11.7. The van der Waals surface area contributed by atoms with Crippen molar-refractivity contribution >= 4 is 78.1 Å². The number of para-hydroxylation sites is 4. The number of nitriles is 1. The van der Waals surface area contributed by atoms with Crippen LogP contribution in [-0.4, -0.2) is 19.1 Å². The van der Waals surface area contributed by atoms with Crippen molar-refractivity contribution in [2.45, 2.75) is 15.2 Å². The lowest BCUT2D eigenvalue weighted by atomic mass is 9.65. The molecule has 0 radical (unpaired) electrons. The lowest BCUT2D eigenvalue weighted by molar-refractivity contribution is 0.436. The van der Waals surface area contributed by atoms with Gasteiger partial charge in [0.05, 0.1) is 86.0 Å². The molecule has 1 aliphatic carbocycles. The number of aromatic nitrogens is 4. The van der Waals surface area contributed by atoms with Gasteiger partial charge in [0.1, 0.15) is 11.5 Å². The first-order chi connectivity index (χ1) is 34.6. The van der Waals surface area contributed by atoms with E-state index in [2.05, 4.69) is 177 Å². The van der Waals surface area contributed by atoms with Crippen LogP contribution in [-0.2, 0) is 5.41 Å². The molecular formula is C61H33N7OS.